The number of benzene rings is 2. The van der Waals surface area contributed by atoms with Crippen molar-refractivity contribution < 1.29 is 23.5 Å². The highest BCUT2D eigenvalue weighted by Crippen LogP contribution is 2.48. The van der Waals surface area contributed by atoms with E-state index in [1.54, 1.807) is 30.3 Å². The molecule has 0 aromatic heterocycles. The van der Waals surface area contributed by atoms with E-state index in [-0.39, 0.29) is 24.7 Å². The molecule has 2 rings (SSSR count). The molecule has 140 valence electrons. The molecule has 0 aliphatic carbocycles. The Morgan fingerprint density at radius 2 is 1.65 bits per heavy atom. The lowest BCUT2D eigenvalue weighted by molar-refractivity contribution is 0.136. The third-order valence-electron chi connectivity index (χ3n) is 3.57. The molecule has 0 aliphatic rings. The maximum absolute atomic E-state index is 12.7. The summed E-state index contributed by atoms with van der Waals surface area (Å²) in [5.41, 5.74) is 0.829. The van der Waals surface area contributed by atoms with Crippen LogP contribution >= 0.6 is 7.60 Å². The van der Waals surface area contributed by atoms with Gasteiger partial charge in [-0.2, -0.15) is 0 Å². The van der Waals surface area contributed by atoms with Crippen molar-refractivity contribution in [1.29, 1.82) is 0 Å². The Bertz CT molecular complexity index is 736. The number of ether oxygens (including phenoxy) is 1. The second kappa shape index (κ2) is 9.41. The van der Waals surface area contributed by atoms with Crippen LogP contribution < -0.4 is 9.84 Å². The monoisotopic (exact) mass is 377 g/mol. The standard InChI is InChI=1S/C19H24NO5P/c1-15(2)13-18(26(22,23)25-17-11-7-4-8-12-17)20-19(21)24-14-16-9-5-3-6-10-16/h3-12,15,18H,13-14H2,1-2H3,(H,20,21)(H,22,23)/t18-/m0/s1. The molecule has 2 atom stereocenters. The Labute approximate surface area is 153 Å². The van der Waals surface area contributed by atoms with Crippen molar-refractivity contribution >= 4 is 13.7 Å². The van der Waals surface area contributed by atoms with E-state index < -0.39 is 19.5 Å². The Balaban J connectivity index is 2.01. The van der Waals surface area contributed by atoms with Gasteiger partial charge in [0.15, 0.2) is 0 Å². The van der Waals surface area contributed by atoms with E-state index in [2.05, 4.69) is 5.32 Å². The molecule has 0 saturated heterocycles. The topological polar surface area (TPSA) is 84.9 Å². The summed E-state index contributed by atoms with van der Waals surface area (Å²) in [6.07, 6.45) is -0.480. The predicted molar refractivity (Wildman–Crippen MR) is 99.9 cm³/mol. The van der Waals surface area contributed by atoms with Gasteiger partial charge in [-0.3, -0.25) is 0 Å². The van der Waals surface area contributed by atoms with Gasteiger partial charge in [0.05, 0.1) is 0 Å². The molecule has 2 aromatic carbocycles. The Morgan fingerprint density at radius 3 is 2.23 bits per heavy atom. The van der Waals surface area contributed by atoms with Gasteiger partial charge in [-0.1, -0.05) is 62.4 Å². The number of hydrogen-bond donors (Lipinski definition) is 2. The fourth-order valence-electron chi connectivity index (χ4n) is 2.32. The smallest absolute Gasteiger partial charge is 0.408 e. The zero-order valence-electron chi connectivity index (χ0n) is 14.9. The van der Waals surface area contributed by atoms with E-state index in [0.717, 1.165) is 5.56 Å². The van der Waals surface area contributed by atoms with Crippen LogP contribution in [-0.2, 0) is 15.9 Å². The highest BCUT2D eigenvalue weighted by Gasteiger charge is 2.36. The van der Waals surface area contributed by atoms with Crippen molar-refractivity contribution in [2.75, 3.05) is 0 Å². The molecule has 2 aromatic rings. The summed E-state index contributed by atoms with van der Waals surface area (Å²) in [5, 5.41) is 2.48. The number of carbonyl (C=O) groups is 1. The number of hydrogen-bond acceptors (Lipinski definition) is 4. The first-order chi connectivity index (χ1) is 12.4. The van der Waals surface area contributed by atoms with Gasteiger partial charge in [-0.15, -0.1) is 0 Å². The van der Waals surface area contributed by atoms with Crippen LogP contribution in [-0.4, -0.2) is 16.8 Å². The van der Waals surface area contributed by atoms with Crippen molar-refractivity contribution in [1.82, 2.24) is 5.32 Å². The largest absolute Gasteiger partial charge is 0.445 e. The molecule has 0 heterocycles. The van der Waals surface area contributed by atoms with Gasteiger partial charge >= 0.3 is 13.7 Å². The Morgan fingerprint density at radius 1 is 1.08 bits per heavy atom. The summed E-state index contributed by atoms with van der Waals surface area (Å²) >= 11 is 0. The lowest BCUT2D eigenvalue weighted by Gasteiger charge is -2.25. The molecule has 0 saturated carbocycles. The first-order valence-corrected chi connectivity index (χ1v) is 10.1. The Hall–Kier alpha value is -2.30. The third-order valence-corrected chi connectivity index (χ3v) is 5.17. The summed E-state index contributed by atoms with van der Waals surface area (Å²) in [5.74, 6) is -0.716. The van der Waals surface area contributed by atoms with Gasteiger partial charge in [-0.25, -0.2) is 9.36 Å². The van der Waals surface area contributed by atoms with Gasteiger partial charge in [0.25, 0.3) is 0 Å². The summed E-state index contributed by atoms with van der Waals surface area (Å²) < 4.78 is 23.1. The molecule has 0 spiro atoms. The Kier molecular flexibility index (Phi) is 7.25. The molecule has 26 heavy (non-hydrogen) atoms. The quantitative estimate of drug-likeness (QED) is 0.659. The molecule has 6 nitrogen and oxygen atoms in total. The van der Waals surface area contributed by atoms with E-state index in [1.807, 2.05) is 44.2 Å². The molecular formula is C19H24NO5P. The summed E-state index contributed by atoms with van der Waals surface area (Å²) in [6, 6.07) is 17.6. The van der Waals surface area contributed by atoms with Crippen LogP contribution in [0.1, 0.15) is 25.8 Å². The van der Waals surface area contributed by atoms with Gasteiger partial charge in [0.1, 0.15) is 18.1 Å². The van der Waals surface area contributed by atoms with Crippen LogP contribution in [0, 0.1) is 5.92 Å². The van der Waals surface area contributed by atoms with Crippen molar-refractivity contribution in [3.05, 3.63) is 66.2 Å². The van der Waals surface area contributed by atoms with Crippen LogP contribution in [0.3, 0.4) is 0 Å². The first-order valence-electron chi connectivity index (χ1n) is 8.41. The number of alkyl carbamates (subject to hydrolysis) is 1. The fraction of sp³-hybridized carbons (Fsp3) is 0.316. The number of nitrogens with one attached hydrogen (secondary N) is 1. The van der Waals surface area contributed by atoms with E-state index in [4.69, 9.17) is 9.26 Å². The molecule has 2 N–H and O–H groups in total. The SMILES string of the molecule is CC(C)C[C@@H](NC(=O)OCc1ccccc1)P(=O)(O)Oc1ccccc1. The normalized spacial score (nSPS) is 14.3. The van der Waals surface area contributed by atoms with E-state index >= 15 is 0 Å². The second-order valence-corrected chi connectivity index (χ2v) is 8.25. The summed E-state index contributed by atoms with van der Waals surface area (Å²) in [6.45, 7) is 3.87. The van der Waals surface area contributed by atoms with E-state index in [1.165, 1.54) is 0 Å². The van der Waals surface area contributed by atoms with Crippen LogP contribution in [0.25, 0.3) is 0 Å². The molecule has 1 unspecified atom stereocenters. The number of para-hydroxylation sites is 1. The summed E-state index contributed by atoms with van der Waals surface area (Å²) in [4.78, 5) is 22.5. The zero-order chi connectivity index (χ0) is 19.0. The van der Waals surface area contributed by atoms with Crippen LogP contribution in [0.15, 0.2) is 60.7 Å². The molecule has 0 fully saturated rings. The highest BCUT2D eigenvalue weighted by atomic mass is 31.2. The molecule has 1 amide bonds. The third kappa shape index (κ3) is 6.54. The zero-order valence-corrected chi connectivity index (χ0v) is 15.8. The van der Waals surface area contributed by atoms with Gasteiger partial charge in [0.2, 0.25) is 0 Å². The predicted octanol–water partition coefficient (Wildman–Crippen LogP) is 4.55. The maximum Gasteiger partial charge on any atom is 0.408 e. The van der Waals surface area contributed by atoms with Crippen LogP contribution in [0.4, 0.5) is 4.79 Å². The van der Waals surface area contributed by atoms with Crippen molar-refractivity contribution in [2.24, 2.45) is 5.92 Å². The van der Waals surface area contributed by atoms with Crippen molar-refractivity contribution in [3.8, 4) is 5.75 Å². The molecule has 0 aliphatic heterocycles. The van der Waals surface area contributed by atoms with Crippen LogP contribution in [0.2, 0.25) is 0 Å². The van der Waals surface area contributed by atoms with Crippen molar-refractivity contribution in [3.63, 3.8) is 0 Å². The van der Waals surface area contributed by atoms with E-state index in [0.29, 0.717) is 0 Å². The van der Waals surface area contributed by atoms with Crippen LogP contribution in [0.5, 0.6) is 5.75 Å². The minimum Gasteiger partial charge on any atom is -0.445 e. The minimum atomic E-state index is -4.14. The lowest BCUT2D eigenvalue weighted by atomic mass is 10.1. The summed E-state index contributed by atoms with van der Waals surface area (Å²) in [7, 11) is -4.14. The number of amides is 1. The molecule has 0 bridgehead atoms. The lowest BCUT2D eigenvalue weighted by Crippen LogP contribution is -2.37. The average molecular weight is 377 g/mol. The highest BCUT2D eigenvalue weighted by molar-refractivity contribution is 7.54. The minimum absolute atomic E-state index is 0.0780. The fourth-order valence-corrected chi connectivity index (χ4v) is 3.82. The first kappa shape index (κ1) is 20.0. The van der Waals surface area contributed by atoms with Gasteiger partial charge in [-0.05, 0) is 30.0 Å². The molecular weight excluding hydrogens is 353 g/mol. The maximum atomic E-state index is 12.7. The molecule has 7 heteroatoms. The van der Waals surface area contributed by atoms with Gasteiger partial charge < -0.3 is 19.5 Å². The number of rotatable bonds is 8. The van der Waals surface area contributed by atoms with Crippen molar-refractivity contribution in [2.45, 2.75) is 32.7 Å². The number of carbonyl (C=O) groups excluding carboxylic acids is 1. The average Bonchev–Trinajstić information content (AvgIpc) is 2.60. The second-order valence-electron chi connectivity index (χ2n) is 6.32. The van der Waals surface area contributed by atoms with Gasteiger partial charge in [0, 0.05) is 0 Å². The van der Waals surface area contributed by atoms with E-state index in [9.17, 15) is 14.3 Å². The molecule has 0 radical (unpaired) electrons.